The molecule has 0 unspecified atom stereocenters. The minimum absolute atomic E-state index is 0.0205. The van der Waals surface area contributed by atoms with E-state index in [1.54, 1.807) is 0 Å². The monoisotopic (exact) mass is 704 g/mol. The molecule has 0 radical (unpaired) electrons. The lowest BCUT2D eigenvalue weighted by atomic mass is 9.97. The Bertz CT molecular complexity index is 2050. The van der Waals surface area contributed by atoms with Gasteiger partial charge in [0.1, 0.15) is 0 Å². The van der Waals surface area contributed by atoms with Crippen LogP contribution in [0.15, 0.2) is 102 Å². The van der Waals surface area contributed by atoms with E-state index in [1.165, 1.54) is 0 Å². The number of amides is 1. The molecule has 270 valence electrons. The highest BCUT2D eigenvalue weighted by Crippen LogP contribution is 2.39. The van der Waals surface area contributed by atoms with Crippen LogP contribution in [0.1, 0.15) is 72.8 Å². The average molecular weight is 705 g/mol. The number of hydrogen-bond donors (Lipinski definition) is 4. The van der Waals surface area contributed by atoms with Crippen LogP contribution in [0.3, 0.4) is 0 Å². The molecule has 0 bridgehead atoms. The molecule has 1 amide bonds. The van der Waals surface area contributed by atoms with E-state index < -0.39 is 12.3 Å². The summed E-state index contributed by atoms with van der Waals surface area (Å²) in [7, 11) is 0. The van der Waals surface area contributed by atoms with Gasteiger partial charge < -0.3 is 34.9 Å². The van der Waals surface area contributed by atoms with Crippen LogP contribution < -0.4 is 11.0 Å². The van der Waals surface area contributed by atoms with Crippen molar-refractivity contribution >= 4 is 22.9 Å². The number of rotatable bonds is 12. The van der Waals surface area contributed by atoms with Gasteiger partial charge in [0.2, 0.25) is 5.91 Å². The van der Waals surface area contributed by atoms with E-state index in [0.29, 0.717) is 13.0 Å². The van der Waals surface area contributed by atoms with Crippen LogP contribution >= 0.6 is 0 Å². The van der Waals surface area contributed by atoms with Gasteiger partial charge >= 0.3 is 11.7 Å². The zero-order valence-electron chi connectivity index (χ0n) is 28.9. The maximum absolute atomic E-state index is 12.8. The third-order valence-electron chi connectivity index (χ3n) is 10.2. The van der Waals surface area contributed by atoms with Crippen molar-refractivity contribution in [1.29, 1.82) is 0 Å². The zero-order chi connectivity index (χ0) is 36.0. The smallest absolute Gasteiger partial charge is 0.326 e. The number of carbonyl (C=O) groups excluding carboxylic acids is 1. The van der Waals surface area contributed by atoms with Gasteiger partial charge in [0.05, 0.1) is 36.3 Å². The first-order valence-electron chi connectivity index (χ1n) is 17.9. The van der Waals surface area contributed by atoms with Gasteiger partial charge in [-0.05, 0) is 52.8 Å². The molecule has 3 atom stereocenters. The van der Waals surface area contributed by atoms with Gasteiger partial charge in [-0.2, -0.15) is 0 Å². The van der Waals surface area contributed by atoms with Crippen molar-refractivity contribution in [2.75, 3.05) is 19.6 Å². The number of imidazole rings is 1. The van der Waals surface area contributed by atoms with Gasteiger partial charge in [-0.25, -0.2) is 4.79 Å². The molecule has 3 heterocycles. The molecule has 52 heavy (non-hydrogen) atoms. The second-order valence-corrected chi connectivity index (χ2v) is 13.6. The number of hydrogen-bond acceptors (Lipinski definition) is 7. The van der Waals surface area contributed by atoms with Crippen LogP contribution in [-0.4, -0.2) is 62.3 Å². The third kappa shape index (κ3) is 8.18. The van der Waals surface area contributed by atoms with Crippen LogP contribution in [0.2, 0.25) is 0 Å². The molecular formula is C41H44N4O7. The van der Waals surface area contributed by atoms with E-state index in [4.69, 9.17) is 14.6 Å². The number of carboxylic acid groups (broad SMARTS) is 1. The molecule has 4 N–H and O–H groups in total. The van der Waals surface area contributed by atoms with Gasteiger partial charge in [0.15, 0.2) is 6.29 Å². The molecular weight excluding hydrogens is 660 g/mol. The number of carbonyl (C=O) groups is 2. The third-order valence-corrected chi connectivity index (χ3v) is 10.2. The largest absolute Gasteiger partial charge is 0.481 e. The first-order chi connectivity index (χ1) is 25.3. The number of carboxylic acids is 1. The Morgan fingerprint density at radius 2 is 1.56 bits per heavy atom. The maximum atomic E-state index is 12.8. The van der Waals surface area contributed by atoms with E-state index in [1.807, 2.05) is 102 Å². The Balaban J connectivity index is 1.05. The van der Waals surface area contributed by atoms with Gasteiger partial charge in [-0.15, -0.1) is 0 Å². The summed E-state index contributed by atoms with van der Waals surface area (Å²) in [5.74, 6) is -1.30. The number of benzene rings is 4. The summed E-state index contributed by atoms with van der Waals surface area (Å²) in [5.41, 5.74) is 7.39. The number of aromatic amines is 1. The van der Waals surface area contributed by atoms with E-state index >= 15 is 0 Å². The zero-order valence-corrected chi connectivity index (χ0v) is 28.9. The topological polar surface area (TPSA) is 146 Å². The number of ether oxygens (including phenoxy) is 2. The molecule has 2 fully saturated rings. The Morgan fingerprint density at radius 1 is 0.846 bits per heavy atom. The number of para-hydroxylation sites is 2. The highest BCUT2D eigenvalue weighted by atomic mass is 16.7. The van der Waals surface area contributed by atoms with Crippen LogP contribution in [0.4, 0.5) is 0 Å². The molecule has 2 saturated heterocycles. The van der Waals surface area contributed by atoms with Crippen molar-refractivity contribution in [3.63, 3.8) is 0 Å². The van der Waals surface area contributed by atoms with Gasteiger partial charge in [0, 0.05) is 50.6 Å². The molecule has 2 aliphatic heterocycles. The first-order valence-corrected chi connectivity index (χ1v) is 17.9. The van der Waals surface area contributed by atoms with E-state index in [9.17, 15) is 19.5 Å². The van der Waals surface area contributed by atoms with Gasteiger partial charge in [-0.1, -0.05) is 84.9 Å². The highest BCUT2D eigenvalue weighted by molar-refractivity contribution is 5.81. The molecule has 11 nitrogen and oxygen atoms in total. The lowest BCUT2D eigenvalue weighted by Gasteiger charge is -2.40. The fourth-order valence-electron chi connectivity index (χ4n) is 7.40. The molecule has 4 aromatic carbocycles. The van der Waals surface area contributed by atoms with Crippen molar-refractivity contribution in [3.05, 3.63) is 130 Å². The Kier molecular flexibility index (Phi) is 10.9. The van der Waals surface area contributed by atoms with Crippen molar-refractivity contribution in [2.24, 2.45) is 0 Å². The second-order valence-electron chi connectivity index (χ2n) is 13.6. The standard InChI is InChI=1S/C41H44N4O7/c46-26-27-9-11-29(12-10-27)37-23-33(25-44-21-19-32(20-22-44)45-36-8-4-3-7-35(36)43-41(45)50)51-40(52-37)30-15-13-28(14-16-30)34-6-2-1-5-31(34)24-42-38(47)17-18-39(48)49/h1-16,32-33,37,40,46H,17-26H2,(H,42,47)(H,43,50)(H,48,49)/t33-,37+,40+/m1/s1. The maximum Gasteiger partial charge on any atom is 0.326 e. The van der Waals surface area contributed by atoms with Gasteiger partial charge in [0.25, 0.3) is 0 Å². The minimum atomic E-state index is -1.00. The predicted octanol–water partition coefficient (Wildman–Crippen LogP) is 5.85. The molecule has 7 rings (SSSR count). The lowest BCUT2D eigenvalue weighted by molar-refractivity contribution is -0.253. The number of nitrogens with zero attached hydrogens (tertiary/aromatic N) is 2. The van der Waals surface area contributed by atoms with Crippen LogP contribution in [0, 0.1) is 0 Å². The number of nitrogens with one attached hydrogen (secondary N) is 2. The number of aliphatic carboxylic acids is 1. The normalized spacial score (nSPS) is 19.8. The summed E-state index contributed by atoms with van der Waals surface area (Å²) in [5, 5.41) is 21.3. The first kappa shape index (κ1) is 35.3. The van der Waals surface area contributed by atoms with Crippen molar-refractivity contribution < 1.29 is 29.3 Å². The molecule has 1 aromatic heterocycles. The van der Waals surface area contributed by atoms with Gasteiger partial charge in [-0.3, -0.25) is 14.2 Å². The van der Waals surface area contributed by atoms with Crippen LogP contribution in [0.25, 0.3) is 22.2 Å². The fraction of sp³-hybridized carbons (Fsp3) is 0.341. The number of fused-ring (bicyclic) bond motifs is 1. The summed E-state index contributed by atoms with van der Waals surface area (Å²) in [4.78, 5) is 41.3. The number of aliphatic hydroxyl groups is 1. The van der Waals surface area contributed by atoms with Crippen LogP contribution in [0.5, 0.6) is 0 Å². The van der Waals surface area contributed by atoms with Crippen molar-refractivity contribution in [1.82, 2.24) is 19.8 Å². The van der Waals surface area contributed by atoms with Crippen molar-refractivity contribution in [3.8, 4) is 11.1 Å². The molecule has 0 saturated carbocycles. The number of piperidine rings is 1. The summed E-state index contributed by atoms with van der Waals surface area (Å²) < 4.78 is 15.2. The summed E-state index contributed by atoms with van der Waals surface area (Å²) in [6.45, 7) is 2.72. The molecule has 5 aromatic rings. The van der Waals surface area contributed by atoms with E-state index in [-0.39, 0.29) is 49.3 Å². The summed E-state index contributed by atoms with van der Waals surface area (Å²) >= 11 is 0. The number of aromatic nitrogens is 2. The quantitative estimate of drug-likeness (QED) is 0.127. The number of H-pyrrole nitrogens is 1. The average Bonchev–Trinajstić information content (AvgIpc) is 3.52. The van der Waals surface area contributed by atoms with Crippen molar-refractivity contribution in [2.45, 2.75) is 69.8 Å². The number of likely N-dealkylation sites (tertiary alicyclic amines) is 1. The van der Waals surface area contributed by atoms with E-state index in [0.717, 1.165) is 76.9 Å². The predicted molar refractivity (Wildman–Crippen MR) is 196 cm³/mol. The Morgan fingerprint density at radius 3 is 2.31 bits per heavy atom. The number of aliphatic hydroxyl groups excluding tert-OH is 1. The fourth-order valence-corrected chi connectivity index (χ4v) is 7.40. The minimum Gasteiger partial charge on any atom is -0.481 e. The summed E-state index contributed by atoms with van der Waals surface area (Å²) in [6.07, 6.45) is 1.25. The molecule has 0 aliphatic carbocycles. The SMILES string of the molecule is O=C(O)CCC(=O)NCc1ccccc1-c1ccc([C@H]2O[C@@H](CN3CCC(n4c(=O)[nH]c5ccccc54)CC3)C[C@@H](c3ccc(CO)cc3)O2)cc1. The lowest BCUT2D eigenvalue weighted by Crippen LogP contribution is -2.43. The second kappa shape index (κ2) is 16.1. The molecule has 2 aliphatic rings. The Labute approximate surface area is 301 Å². The molecule has 0 spiro atoms. The summed E-state index contributed by atoms with van der Waals surface area (Å²) in [6, 6.07) is 31.8. The Hall–Kier alpha value is -5.07. The molecule has 11 heteroatoms. The highest BCUT2D eigenvalue weighted by Gasteiger charge is 2.34. The van der Waals surface area contributed by atoms with Crippen LogP contribution in [-0.2, 0) is 32.2 Å². The van der Waals surface area contributed by atoms with E-state index in [2.05, 4.69) is 15.2 Å².